The lowest BCUT2D eigenvalue weighted by molar-refractivity contribution is 0.0426. The van der Waals surface area contributed by atoms with Gasteiger partial charge in [0, 0.05) is 50.2 Å². The van der Waals surface area contributed by atoms with Crippen molar-refractivity contribution >= 4 is 5.91 Å². The molecular weight excluding hydrogens is 252 g/mol. The molecule has 2 rings (SSSR count). The number of carbonyl (C=O) groups is 1. The first kappa shape index (κ1) is 14.9. The molecular formula is C15H24N4O. The maximum atomic E-state index is 12.4. The van der Waals surface area contributed by atoms with Gasteiger partial charge in [-0.15, -0.1) is 0 Å². The summed E-state index contributed by atoms with van der Waals surface area (Å²) >= 11 is 0. The second-order valence-electron chi connectivity index (χ2n) is 5.98. The quantitative estimate of drug-likeness (QED) is 0.890. The number of carbonyl (C=O) groups excluding carboxylic acids is 1. The van der Waals surface area contributed by atoms with Crippen LogP contribution in [0.1, 0.15) is 29.9 Å². The number of nitrogens with zero attached hydrogens (tertiary/aromatic N) is 3. The number of nitrogens with two attached hydrogens (primary N) is 1. The van der Waals surface area contributed by atoms with Gasteiger partial charge in [0.2, 0.25) is 0 Å². The number of rotatable bonds is 3. The number of aromatic nitrogens is 1. The van der Waals surface area contributed by atoms with Gasteiger partial charge in [0.25, 0.3) is 5.91 Å². The third-order valence-electron chi connectivity index (χ3n) is 4.08. The summed E-state index contributed by atoms with van der Waals surface area (Å²) in [5.74, 6) is 0.0719. The van der Waals surface area contributed by atoms with Crippen molar-refractivity contribution in [3.05, 3.63) is 29.6 Å². The second-order valence-corrected chi connectivity index (χ2v) is 5.98. The van der Waals surface area contributed by atoms with E-state index in [4.69, 9.17) is 5.73 Å². The Balaban J connectivity index is 1.97. The van der Waals surface area contributed by atoms with Gasteiger partial charge in [0.15, 0.2) is 0 Å². The highest BCUT2D eigenvalue weighted by atomic mass is 16.2. The average molecular weight is 276 g/mol. The molecule has 1 saturated heterocycles. The maximum absolute atomic E-state index is 12.4. The summed E-state index contributed by atoms with van der Waals surface area (Å²) in [7, 11) is 0. The van der Waals surface area contributed by atoms with E-state index in [-0.39, 0.29) is 11.4 Å². The fourth-order valence-electron chi connectivity index (χ4n) is 2.42. The van der Waals surface area contributed by atoms with Gasteiger partial charge in [-0.25, -0.2) is 0 Å². The molecule has 0 aromatic carbocycles. The Morgan fingerprint density at radius 3 is 2.45 bits per heavy atom. The predicted molar refractivity (Wildman–Crippen MR) is 79.6 cm³/mol. The van der Waals surface area contributed by atoms with Crippen LogP contribution in [0, 0.1) is 6.92 Å². The molecule has 1 fully saturated rings. The van der Waals surface area contributed by atoms with Crippen molar-refractivity contribution in [2.24, 2.45) is 5.73 Å². The molecule has 1 aromatic rings. The van der Waals surface area contributed by atoms with Crippen molar-refractivity contribution in [3.63, 3.8) is 0 Å². The molecule has 0 atom stereocenters. The van der Waals surface area contributed by atoms with Crippen molar-refractivity contribution in [2.45, 2.75) is 26.3 Å². The molecule has 1 aliphatic heterocycles. The van der Waals surface area contributed by atoms with Crippen LogP contribution in [0.15, 0.2) is 18.3 Å². The average Bonchev–Trinajstić information content (AvgIpc) is 2.47. The Hall–Kier alpha value is -1.46. The Morgan fingerprint density at radius 1 is 1.30 bits per heavy atom. The zero-order valence-electron chi connectivity index (χ0n) is 12.6. The number of piperazine rings is 1. The molecule has 2 N–H and O–H groups in total. The van der Waals surface area contributed by atoms with E-state index in [1.807, 2.05) is 24.0 Å². The SMILES string of the molecule is Cc1ccc(C(=O)N2CCN(C(C)(C)CN)CC2)cn1. The van der Waals surface area contributed by atoms with Gasteiger partial charge in [0.05, 0.1) is 5.56 Å². The molecule has 0 radical (unpaired) electrons. The van der Waals surface area contributed by atoms with Gasteiger partial charge in [-0.3, -0.25) is 14.7 Å². The smallest absolute Gasteiger partial charge is 0.255 e. The topological polar surface area (TPSA) is 62.5 Å². The number of pyridine rings is 1. The van der Waals surface area contributed by atoms with Crippen molar-refractivity contribution in [2.75, 3.05) is 32.7 Å². The first-order valence-electron chi connectivity index (χ1n) is 7.11. The third kappa shape index (κ3) is 3.16. The highest BCUT2D eigenvalue weighted by Gasteiger charge is 2.30. The molecule has 5 heteroatoms. The van der Waals surface area contributed by atoms with E-state index in [2.05, 4.69) is 23.7 Å². The minimum absolute atomic E-state index is 0.000548. The van der Waals surface area contributed by atoms with Crippen molar-refractivity contribution in [1.29, 1.82) is 0 Å². The number of amides is 1. The molecule has 5 nitrogen and oxygen atoms in total. The number of hydrogen-bond donors (Lipinski definition) is 1. The number of hydrogen-bond acceptors (Lipinski definition) is 4. The van der Waals surface area contributed by atoms with Crippen LogP contribution in [0.3, 0.4) is 0 Å². The van der Waals surface area contributed by atoms with Crippen molar-refractivity contribution < 1.29 is 4.79 Å². The minimum atomic E-state index is 0.000548. The van der Waals surface area contributed by atoms with E-state index in [1.165, 1.54) is 0 Å². The van der Waals surface area contributed by atoms with E-state index in [1.54, 1.807) is 6.20 Å². The highest BCUT2D eigenvalue weighted by molar-refractivity contribution is 5.94. The monoisotopic (exact) mass is 276 g/mol. The van der Waals surface area contributed by atoms with Gasteiger partial charge in [-0.2, -0.15) is 0 Å². The van der Waals surface area contributed by atoms with Crippen LogP contribution in [-0.2, 0) is 0 Å². The van der Waals surface area contributed by atoms with Gasteiger partial charge < -0.3 is 10.6 Å². The molecule has 1 aliphatic rings. The van der Waals surface area contributed by atoms with Crippen LogP contribution >= 0.6 is 0 Å². The van der Waals surface area contributed by atoms with Crippen molar-refractivity contribution in [1.82, 2.24) is 14.8 Å². The molecule has 0 saturated carbocycles. The summed E-state index contributed by atoms with van der Waals surface area (Å²) in [4.78, 5) is 20.8. The van der Waals surface area contributed by atoms with E-state index < -0.39 is 0 Å². The molecule has 0 bridgehead atoms. The Kier molecular flexibility index (Phi) is 4.40. The predicted octanol–water partition coefficient (Wildman–Crippen LogP) is 0.885. The number of aryl methyl sites for hydroxylation is 1. The molecule has 20 heavy (non-hydrogen) atoms. The first-order chi connectivity index (χ1) is 9.44. The van der Waals surface area contributed by atoms with E-state index in [0.717, 1.165) is 31.9 Å². The van der Waals surface area contributed by atoms with E-state index in [0.29, 0.717) is 12.1 Å². The minimum Gasteiger partial charge on any atom is -0.336 e. The Bertz CT molecular complexity index is 461. The van der Waals surface area contributed by atoms with Gasteiger partial charge in [0.1, 0.15) is 0 Å². The summed E-state index contributed by atoms with van der Waals surface area (Å²) in [6.07, 6.45) is 1.66. The molecule has 0 spiro atoms. The molecule has 0 aliphatic carbocycles. The summed E-state index contributed by atoms with van der Waals surface area (Å²) in [5, 5.41) is 0. The van der Waals surface area contributed by atoms with Crippen LogP contribution in [0.4, 0.5) is 0 Å². The van der Waals surface area contributed by atoms with Crippen LogP contribution in [0.25, 0.3) is 0 Å². The lowest BCUT2D eigenvalue weighted by atomic mass is 10.0. The standard InChI is InChI=1S/C15H24N4O/c1-12-4-5-13(10-17-12)14(20)18-6-8-19(9-7-18)15(2,3)11-16/h4-5,10H,6-9,11,16H2,1-3H3. The molecule has 110 valence electrons. The zero-order chi connectivity index (χ0) is 14.8. The van der Waals surface area contributed by atoms with Gasteiger partial charge >= 0.3 is 0 Å². The molecule has 0 unspecified atom stereocenters. The fraction of sp³-hybridized carbons (Fsp3) is 0.600. The second kappa shape index (κ2) is 5.89. The van der Waals surface area contributed by atoms with Crippen molar-refractivity contribution in [3.8, 4) is 0 Å². The van der Waals surface area contributed by atoms with Gasteiger partial charge in [-0.1, -0.05) is 0 Å². The van der Waals surface area contributed by atoms with E-state index in [9.17, 15) is 4.79 Å². The third-order valence-corrected chi connectivity index (χ3v) is 4.08. The van der Waals surface area contributed by atoms with Crippen LogP contribution in [-0.4, -0.2) is 59.0 Å². The lowest BCUT2D eigenvalue weighted by Crippen LogP contribution is -2.58. The molecule has 2 heterocycles. The van der Waals surface area contributed by atoms with E-state index >= 15 is 0 Å². The summed E-state index contributed by atoms with van der Waals surface area (Å²) in [5.41, 5.74) is 7.40. The maximum Gasteiger partial charge on any atom is 0.255 e. The highest BCUT2D eigenvalue weighted by Crippen LogP contribution is 2.16. The Labute approximate surface area is 120 Å². The first-order valence-corrected chi connectivity index (χ1v) is 7.11. The van der Waals surface area contributed by atoms with Gasteiger partial charge in [-0.05, 0) is 32.9 Å². The summed E-state index contributed by atoms with van der Waals surface area (Å²) < 4.78 is 0. The van der Waals surface area contributed by atoms with Crippen LogP contribution in [0.2, 0.25) is 0 Å². The molecule has 1 aromatic heterocycles. The zero-order valence-corrected chi connectivity index (χ0v) is 12.6. The lowest BCUT2D eigenvalue weighted by Gasteiger charge is -2.43. The molecule has 1 amide bonds. The summed E-state index contributed by atoms with van der Waals surface area (Å²) in [6.45, 7) is 10.1. The normalized spacial score (nSPS) is 17.3. The fourth-order valence-corrected chi connectivity index (χ4v) is 2.42. The largest absolute Gasteiger partial charge is 0.336 e. The Morgan fingerprint density at radius 2 is 1.95 bits per heavy atom. The van der Waals surface area contributed by atoms with Crippen LogP contribution in [0.5, 0.6) is 0 Å². The van der Waals surface area contributed by atoms with Crippen LogP contribution < -0.4 is 5.73 Å². The summed E-state index contributed by atoms with van der Waals surface area (Å²) in [6, 6.07) is 3.72.